The molecule has 2 aliphatic rings. The zero-order valence-electron chi connectivity index (χ0n) is 18.9. The molecule has 1 aliphatic heterocycles. The van der Waals surface area contributed by atoms with E-state index < -0.39 is 0 Å². The molecule has 2 aromatic heterocycles. The first-order valence-electron chi connectivity index (χ1n) is 11.3. The predicted molar refractivity (Wildman–Crippen MR) is 126 cm³/mol. The van der Waals surface area contributed by atoms with Crippen LogP contribution in [0.5, 0.6) is 0 Å². The zero-order chi connectivity index (χ0) is 22.9. The Bertz CT molecular complexity index is 1400. The molecule has 8 heteroatoms. The quantitative estimate of drug-likeness (QED) is 0.455. The lowest BCUT2D eigenvalue weighted by molar-refractivity contribution is -0.117. The van der Waals surface area contributed by atoms with Crippen LogP contribution < -0.4 is 9.80 Å². The third kappa shape index (κ3) is 3.20. The molecule has 1 atom stereocenters. The number of fused-ring (bicyclic) bond motifs is 2. The van der Waals surface area contributed by atoms with Crippen molar-refractivity contribution in [1.82, 2.24) is 19.6 Å². The van der Waals surface area contributed by atoms with E-state index in [1.165, 1.54) is 25.0 Å². The van der Waals surface area contributed by atoms with E-state index >= 15 is 0 Å². The van der Waals surface area contributed by atoms with Crippen LogP contribution in [0.15, 0.2) is 48.8 Å². The maximum absolute atomic E-state index is 13.9. The number of hydrogen-bond donors (Lipinski definition) is 0. The van der Waals surface area contributed by atoms with E-state index in [-0.39, 0.29) is 17.8 Å². The van der Waals surface area contributed by atoms with Crippen LogP contribution in [-0.4, -0.2) is 38.1 Å². The first-order chi connectivity index (χ1) is 15.9. The molecule has 168 valence electrons. The first kappa shape index (κ1) is 20.0. The van der Waals surface area contributed by atoms with Gasteiger partial charge in [-0.15, -0.1) is 0 Å². The number of halogens is 1. The Hall–Kier alpha value is -3.68. The van der Waals surface area contributed by atoms with Gasteiger partial charge < -0.3 is 9.80 Å². The fourth-order valence-corrected chi connectivity index (χ4v) is 4.92. The second kappa shape index (κ2) is 7.16. The molecule has 0 spiro atoms. The fourth-order valence-electron chi connectivity index (χ4n) is 4.92. The summed E-state index contributed by atoms with van der Waals surface area (Å²) in [7, 11) is 1.82. The van der Waals surface area contributed by atoms with Crippen LogP contribution in [0.2, 0.25) is 0 Å². The Morgan fingerprint density at radius 2 is 1.91 bits per heavy atom. The predicted octanol–water partition coefficient (Wildman–Crippen LogP) is 4.80. The van der Waals surface area contributed by atoms with Gasteiger partial charge in [0.25, 0.3) is 0 Å². The molecule has 0 N–H and O–H groups in total. The lowest BCUT2D eigenvalue weighted by atomic mass is 10.0. The fraction of sp³-hybridized carbons (Fsp3) is 0.320. The maximum atomic E-state index is 13.9. The van der Waals surface area contributed by atoms with Crippen molar-refractivity contribution in [3.63, 3.8) is 0 Å². The maximum Gasteiger partial charge on any atom is 0.224 e. The summed E-state index contributed by atoms with van der Waals surface area (Å²) in [5.74, 6) is 0.474. The number of amides is 1. The van der Waals surface area contributed by atoms with Gasteiger partial charge >= 0.3 is 0 Å². The molecule has 1 aliphatic carbocycles. The topological polar surface area (TPSA) is 59.2 Å². The average Bonchev–Trinajstić information content (AvgIpc) is 3.43. The summed E-state index contributed by atoms with van der Waals surface area (Å²) in [6.45, 7) is 4.22. The molecule has 0 saturated heterocycles. The molecule has 6 rings (SSSR count). The van der Waals surface area contributed by atoms with Crippen molar-refractivity contribution in [3.8, 4) is 11.1 Å². The molecule has 7 nitrogen and oxygen atoms in total. The lowest BCUT2D eigenvalue weighted by Crippen LogP contribution is -2.48. The van der Waals surface area contributed by atoms with Crippen LogP contribution in [-0.2, 0) is 11.8 Å². The van der Waals surface area contributed by atoms with Crippen molar-refractivity contribution in [2.75, 3.05) is 16.3 Å². The summed E-state index contributed by atoms with van der Waals surface area (Å²) >= 11 is 0. The molecule has 0 bridgehead atoms. The molecule has 33 heavy (non-hydrogen) atoms. The molecule has 1 fully saturated rings. The van der Waals surface area contributed by atoms with E-state index in [0.717, 1.165) is 39.2 Å². The van der Waals surface area contributed by atoms with Crippen LogP contribution >= 0.6 is 0 Å². The van der Waals surface area contributed by atoms with Gasteiger partial charge in [-0.05, 0) is 55.7 Å². The van der Waals surface area contributed by atoms with Gasteiger partial charge in [-0.1, -0.05) is 6.07 Å². The van der Waals surface area contributed by atoms with Crippen LogP contribution in [0.4, 0.5) is 21.6 Å². The van der Waals surface area contributed by atoms with Crippen LogP contribution in [0.1, 0.15) is 32.7 Å². The van der Waals surface area contributed by atoms with Crippen LogP contribution in [0, 0.1) is 5.82 Å². The van der Waals surface area contributed by atoms with E-state index in [1.54, 1.807) is 17.7 Å². The van der Waals surface area contributed by atoms with Gasteiger partial charge in [-0.3, -0.25) is 14.2 Å². The van der Waals surface area contributed by atoms with E-state index in [0.29, 0.717) is 12.6 Å². The number of carbonyl (C=O) groups is 1. The van der Waals surface area contributed by atoms with Crippen molar-refractivity contribution < 1.29 is 9.18 Å². The van der Waals surface area contributed by atoms with Gasteiger partial charge in [-0.25, -0.2) is 4.39 Å². The minimum Gasteiger partial charge on any atom is -0.320 e. The second-order valence-corrected chi connectivity index (χ2v) is 9.10. The van der Waals surface area contributed by atoms with Gasteiger partial charge in [-0.2, -0.15) is 10.2 Å². The highest BCUT2D eigenvalue weighted by molar-refractivity contribution is 6.01. The SMILES string of the molecule is CC(=O)N1c2ccc(-c3cnn(C4CC4)c3)cc2N(c2nn(C)c3cc(F)ccc23)CC1C. The number of aromatic nitrogens is 4. The normalized spacial score (nSPS) is 18.1. The molecular weight excluding hydrogens is 419 g/mol. The Morgan fingerprint density at radius 1 is 1.09 bits per heavy atom. The lowest BCUT2D eigenvalue weighted by Gasteiger charge is -2.41. The van der Waals surface area contributed by atoms with E-state index in [2.05, 4.69) is 22.3 Å². The van der Waals surface area contributed by atoms with E-state index in [1.807, 2.05) is 41.9 Å². The van der Waals surface area contributed by atoms with Crippen LogP contribution in [0.25, 0.3) is 22.0 Å². The number of hydrogen-bond acceptors (Lipinski definition) is 4. The molecule has 0 radical (unpaired) electrons. The highest BCUT2D eigenvalue weighted by Crippen LogP contribution is 2.44. The van der Waals surface area contributed by atoms with Gasteiger partial charge in [0, 0.05) is 37.7 Å². The molecule has 4 aromatic rings. The minimum atomic E-state index is -0.290. The number of carbonyl (C=O) groups excluding carboxylic acids is 1. The monoisotopic (exact) mass is 444 g/mol. The van der Waals surface area contributed by atoms with Gasteiger partial charge in [0.1, 0.15) is 5.82 Å². The number of anilines is 3. The molecule has 2 aromatic carbocycles. The van der Waals surface area contributed by atoms with Gasteiger partial charge in [0.05, 0.1) is 35.2 Å². The van der Waals surface area contributed by atoms with E-state index in [4.69, 9.17) is 5.10 Å². The van der Waals surface area contributed by atoms with Gasteiger partial charge in [0.15, 0.2) is 5.82 Å². The number of aryl methyl sites for hydroxylation is 1. The summed E-state index contributed by atoms with van der Waals surface area (Å²) in [6.07, 6.45) is 6.35. The van der Waals surface area contributed by atoms with Crippen LogP contribution in [0.3, 0.4) is 0 Å². The number of benzene rings is 2. The average molecular weight is 445 g/mol. The third-order valence-electron chi connectivity index (χ3n) is 6.66. The smallest absolute Gasteiger partial charge is 0.224 e. The number of nitrogens with zero attached hydrogens (tertiary/aromatic N) is 6. The summed E-state index contributed by atoms with van der Waals surface area (Å²) in [6, 6.07) is 11.4. The highest BCUT2D eigenvalue weighted by Gasteiger charge is 2.34. The Morgan fingerprint density at radius 3 is 2.67 bits per heavy atom. The summed E-state index contributed by atoms with van der Waals surface area (Å²) in [4.78, 5) is 16.5. The van der Waals surface area contributed by atoms with Crippen molar-refractivity contribution >= 4 is 34.0 Å². The Kier molecular flexibility index (Phi) is 4.33. The first-order valence-corrected chi connectivity index (χ1v) is 11.3. The van der Waals surface area contributed by atoms with Gasteiger partial charge in [0.2, 0.25) is 5.91 Å². The summed E-state index contributed by atoms with van der Waals surface area (Å²) in [5.41, 5.74) is 4.57. The molecule has 1 unspecified atom stereocenters. The minimum absolute atomic E-state index is 0.00523. The highest BCUT2D eigenvalue weighted by atomic mass is 19.1. The van der Waals surface area contributed by atoms with Crippen molar-refractivity contribution in [1.29, 1.82) is 0 Å². The standard InChI is InChI=1S/C25H25FN6O/c1-15-13-30(25-21-8-5-19(26)11-23(21)29(3)28-25)24-10-17(4-9-22(24)32(15)16(2)33)18-12-27-31(14-18)20-6-7-20/h4-5,8-12,14-15,20H,6-7,13H2,1-3H3. The molecule has 1 saturated carbocycles. The second-order valence-electron chi connectivity index (χ2n) is 9.10. The van der Waals surface area contributed by atoms with Crippen molar-refractivity contribution in [2.24, 2.45) is 7.05 Å². The molecule has 1 amide bonds. The number of rotatable bonds is 3. The third-order valence-corrected chi connectivity index (χ3v) is 6.66. The van der Waals surface area contributed by atoms with Crippen molar-refractivity contribution in [3.05, 3.63) is 54.6 Å². The molecule has 3 heterocycles. The summed E-state index contributed by atoms with van der Waals surface area (Å²) in [5, 5.41) is 10.2. The van der Waals surface area contributed by atoms with Crippen molar-refractivity contribution in [2.45, 2.75) is 38.8 Å². The zero-order valence-corrected chi connectivity index (χ0v) is 18.9. The Labute approximate surface area is 191 Å². The molecular formula is C25H25FN6O. The summed E-state index contributed by atoms with van der Waals surface area (Å²) < 4.78 is 17.7. The Balaban J connectivity index is 1.52. The largest absolute Gasteiger partial charge is 0.320 e. The van der Waals surface area contributed by atoms with E-state index in [9.17, 15) is 9.18 Å².